The molecule has 2 aromatic rings. The molecule has 0 unspecified atom stereocenters. The highest BCUT2D eigenvalue weighted by Gasteiger charge is 2.15. The molecular formula is C16H16N4O3. The number of carbonyl (C=O) groups is 2. The van der Waals surface area contributed by atoms with E-state index in [0.29, 0.717) is 18.2 Å². The highest BCUT2D eigenvalue weighted by molar-refractivity contribution is 6.07. The van der Waals surface area contributed by atoms with Crippen molar-refractivity contribution in [2.45, 2.75) is 0 Å². The largest absolute Gasteiger partial charge is 0.465 e. The van der Waals surface area contributed by atoms with Crippen molar-refractivity contribution < 1.29 is 14.3 Å². The molecule has 1 amide bonds. The van der Waals surface area contributed by atoms with Crippen molar-refractivity contribution in [2.75, 3.05) is 24.3 Å². The third kappa shape index (κ3) is 4.13. The lowest BCUT2D eigenvalue weighted by atomic mass is 10.1. The van der Waals surface area contributed by atoms with Crippen molar-refractivity contribution in [1.29, 1.82) is 0 Å². The first-order valence-electron chi connectivity index (χ1n) is 6.82. The highest BCUT2D eigenvalue weighted by atomic mass is 16.5. The molecule has 0 bridgehead atoms. The van der Waals surface area contributed by atoms with Gasteiger partial charge in [-0.05, 0) is 18.2 Å². The van der Waals surface area contributed by atoms with Gasteiger partial charge in [0.15, 0.2) is 0 Å². The van der Waals surface area contributed by atoms with Crippen LogP contribution in [0.2, 0.25) is 0 Å². The lowest BCUT2D eigenvalue weighted by molar-refractivity contribution is 0.0602. The molecule has 2 N–H and O–H groups in total. The van der Waals surface area contributed by atoms with Crippen LogP contribution in [0.25, 0.3) is 0 Å². The molecule has 0 saturated heterocycles. The monoisotopic (exact) mass is 312 g/mol. The first-order chi connectivity index (χ1) is 11.2. The summed E-state index contributed by atoms with van der Waals surface area (Å²) in [5.74, 6) is -0.666. The number of para-hydroxylation sites is 1. The predicted molar refractivity (Wildman–Crippen MR) is 86.5 cm³/mol. The van der Waals surface area contributed by atoms with Crippen LogP contribution in [0.1, 0.15) is 20.8 Å². The Kier molecular flexibility index (Phi) is 5.40. The number of rotatable bonds is 6. The third-order valence-corrected chi connectivity index (χ3v) is 2.87. The minimum Gasteiger partial charge on any atom is -0.465 e. The van der Waals surface area contributed by atoms with E-state index in [1.54, 1.807) is 30.3 Å². The summed E-state index contributed by atoms with van der Waals surface area (Å²) in [4.78, 5) is 32.1. The zero-order valence-corrected chi connectivity index (χ0v) is 12.6. The molecule has 7 heteroatoms. The van der Waals surface area contributed by atoms with Crippen molar-refractivity contribution in [3.63, 3.8) is 0 Å². The smallest absolute Gasteiger partial charge is 0.339 e. The fraction of sp³-hybridized carbons (Fsp3) is 0.125. The van der Waals surface area contributed by atoms with Crippen molar-refractivity contribution in [3.05, 3.63) is 60.4 Å². The number of nitrogens with zero attached hydrogens (tertiary/aromatic N) is 2. The number of benzene rings is 1. The molecular weight excluding hydrogens is 296 g/mol. The van der Waals surface area contributed by atoms with Crippen LogP contribution in [-0.2, 0) is 4.74 Å². The Labute approximate surface area is 133 Å². The topological polar surface area (TPSA) is 93.2 Å². The molecule has 23 heavy (non-hydrogen) atoms. The number of hydrogen-bond acceptors (Lipinski definition) is 6. The van der Waals surface area contributed by atoms with Gasteiger partial charge in [-0.1, -0.05) is 18.2 Å². The van der Waals surface area contributed by atoms with Gasteiger partial charge in [0.1, 0.15) is 5.69 Å². The average Bonchev–Trinajstić information content (AvgIpc) is 2.60. The molecule has 1 aromatic carbocycles. The number of nitrogens with one attached hydrogen (secondary N) is 2. The summed E-state index contributed by atoms with van der Waals surface area (Å²) in [6.07, 6.45) is 3.13. The maximum absolute atomic E-state index is 12.3. The Hall–Kier alpha value is -3.22. The third-order valence-electron chi connectivity index (χ3n) is 2.87. The van der Waals surface area contributed by atoms with E-state index in [4.69, 9.17) is 4.74 Å². The van der Waals surface area contributed by atoms with Crippen LogP contribution in [0.5, 0.6) is 0 Å². The standard InChI is InChI=1S/C16H16N4O3/c1-3-9-17-16-18-10-8-13(20-16)14(21)19-12-7-5-4-6-11(12)15(22)23-2/h3-8,10H,1,9H2,2H3,(H,19,21)(H,17,18,20). The fourth-order valence-corrected chi connectivity index (χ4v) is 1.80. The SMILES string of the molecule is C=CCNc1nccc(C(=O)Nc2ccccc2C(=O)OC)n1. The number of ether oxygens (including phenoxy) is 1. The van der Waals surface area contributed by atoms with Crippen molar-refractivity contribution >= 4 is 23.5 Å². The Morgan fingerprint density at radius 3 is 2.83 bits per heavy atom. The minimum atomic E-state index is -0.531. The van der Waals surface area contributed by atoms with Gasteiger partial charge in [0.25, 0.3) is 5.91 Å². The molecule has 0 aliphatic carbocycles. The van der Waals surface area contributed by atoms with Gasteiger partial charge in [-0.3, -0.25) is 4.79 Å². The molecule has 0 fully saturated rings. The van der Waals surface area contributed by atoms with Gasteiger partial charge < -0.3 is 15.4 Å². The van der Waals surface area contributed by atoms with Crippen LogP contribution in [-0.4, -0.2) is 35.5 Å². The van der Waals surface area contributed by atoms with E-state index in [1.807, 2.05) is 0 Å². The molecule has 0 spiro atoms. The normalized spacial score (nSPS) is 9.78. The van der Waals surface area contributed by atoms with Crippen LogP contribution in [0, 0.1) is 0 Å². The molecule has 1 aromatic heterocycles. The predicted octanol–water partition coefficient (Wildman–Crippen LogP) is 2.11. The quantitative estimate of drug-likeness (QED) is 0.627. The van der Waals surface area contributed by atoms with E-state index in [0.717, 1.165) is 0 Å². The summed E-state index contributed by atoms with van der Waals surface area (Å²) in [5, 5.41) is 5.55. The van der Waals surface area contributed by atoms with E-state index in [9.17, 15) is 9.59 Å². The van der Waals surface area contributed by atoms with Crippen molar-refractivity contribution in [1.82, 2.24) is 9.97 Å². The van der Waals surface area contributed by atoms with Crippen molar-refractivity contribution in [2.24, 2.45) is 0 Å². The Morgan fingerprint density at radius 1 is 1.30 bits per heavy atom. The van der Waals surface area contributed by atoms with Gasteiger partial charge in [0.2, 0.25) is 5.95 Å². The summed E-state index contributed by atoms with van der Waals surface area (Å²) < 4.78 is 4.69. The van der Waals surface area contributed by atoms with Crippen LogP contribution >= 0.6 is 0 Å². The molecule has 0 aliphatic heterocycles. The maximum Gasteiger partial charge on any atom is 0.339 e. The average molecular weight is 312 g/mol. The van der Waals surface area contributed by atoms with Crippen LogP contribution in [0.4, 0.5) is 11.6 Å². The number of aromatic nitrogens is 2. The van der Waals surface area contributed by atoms with Crippen LogP contribution < -0.4 is 10.6 Å². The fourth-order valence-electron chi connectivity index (χ4n) is 1.80. The summed E-state index contributed by atoms with van der Waals surface area (Å²) in [6, 6.07) is 8.05. The minimum absolute atomic E-state index is 0.172. The Morgan fingerprint density at radius 2 is 2.09 bits per heavy atom. The summed E-state index contributed by atoms with van der Waals surface area (Å²) in [7, 11) is 1.28. The Bertz CT molecular complexity index is 731. The molecule has 7 nitrogen and oxygen atoms in total. The first kappa shape index (κ1) is 16.2. The van der Waals surface area contributed by atoms with Gasteiger partial charge >= 0.3 is 5.97 Å². The number of esters is 1. The zero-order valence-electron chi connectivity index (χ0n) is 12.6. The summed E-state index contributed by atoms with van der Waals surface area (Å²) in [5.41, 5.74) is 0.789. The highest BCUT2D eigenvalue weighted by Crippen LogP contribution is 2.17. The summed E-state index contributed by atoms with van der Waals surface area (Å²) in [6.45, 7) is 4.06. The Balaban J connectivity index is 2.19. The van der Waals surface area contributed by atoms with E-state index in [1.165, 1.54) is 19.4 Å². The van der Waals surface area contributed by atoms with Crippen LogP contribution in [0.3, 0.4) is 0 Å². The lowest BCUT2D eigenvalue weighted by Gasteiger charge is -2.09. The molecule has 1 heterocycles. The maximum atomic E-state index is 12.3. The number of amides is 1. The van der Waals surface area contributed by atoms with Gasteiger partial charge in [0.05, 0.1) is 18.4 Å². The zero-order chi connectivity index (χ0) is 16.7. The van der Waals surface area contributed by atoms with E-state index >= 15 is 0 Å². The second-order valence-corrected chi connectivity index (χ2v) is 4.43. The number of hydrogen-bond donors (Lipinski definition) is 2. The number of methoxy groups -OCH3 is 1. The van der Waals surface area contributed by atoms with Gasteiger partial charge in [-0.2, -0.15) is 0 Å². The first-order valence-corrected chi connectivity index (χ1v) is 6.82. The number of anilines is 2. The van der Waals surface area contributed by atoms with Gasteiger partial charge in [-0.15, -0.1) is 6.58 Å². The molecule has 0 aliphatic rings. The molecule has 0 radical (unpaired) electrons. The number of carbonyl (C=O) groups excluding carboxylic acids is 2. The van der Waals surface area contributed by atoms with E-state index in [2.05, 4.69) is 27.2 Å². The van der Waals surface area contributed by atoms with E-state index < -0.39 is 11.9 Å². The molecule has 2 rings (SSSR count). The molecule has 118 valence electrons. The van der Waals surface area contributed by atoms with Crippen LogP contribution in [0.15, 0.2) is 49.2 Å². The lowest BCUT2D eigenvalue weighted by Crippen LogP contribution is -2.17. The van der Waals surface area contributed by atoms with Gasteiger partial charge in [0, 0.05) is 12.7 Å². The van der Waals surface area contributed by atoms with Crippen molar-refractivity contribution in [3.8, 4) is 0 Å². The van der Waals surface area contributed by atoms with E-state index in [-0.39, 0.29) is 11.3 Å². The second-order valence-electron chi connectivity index (χ2n) is 4.43. The summed E-state index contributed by atoms with van der Waals surface area (Å²) >= 11 is 0. The molecule has 0 atom stereocenters. The van der Waals surface area contributed by atoms with Gasteiger partial charge in [-0.25, -0.2) is 14.8 Å². The molecule has 0 saturated carbocycles. The second kappa shape index (κ2) is 7.69.